The fourth-order valence-corrected chi connectivity index (χ4v) is 2.97. The second kappa shape index (κ2) is 9.20. The number of carbonyl (C=O) groups is 3. The molecule has 2 amide bonds. The molecule has 0 bridgehead atoms. The van der Waals surface area contributed by atoms with Crippen molar-refractivity contribution in [3.8, 4) is 0 Å². The molecule has 136 valence electrons. The van der Waals surface area contributed by atoms with Crippen LogP contribution in [0.25, 0.3) is 0 Å². The summed E-state index contributed by atoms with van der Waals surface area (Å²) in [5, 5.41) is 5.45. The Labute approximate surface area is 148 Å². The molecule has 2 rings (SSSR count). The zero-order valence-corrected chi connectivity index (χ0v) is 14.8. The first-order valence-corrected chi connectivity index (χ1v) is 8.80. The van der Waals surface area contributed by atoms with Gasteiger partial charge in [-0.25, -0.2) is 0 Å². The molecule has 1 fully saturated rings. The zero-order valence-electron chi connectivity index (χ0n) is 14.8. The smallest absolute Gasteiger partial charge is 0.326 e. The van der Waals surface area contributed by atoms with Gasteiger partial charge in [-0.05, 0) is 37.8 Å². The molecule has 0 aliphatic heterocycles. The van der Waals surface area contributed by atoms with Crippen molar-refractivity contribution in [2.45, 2.75) is 51.7 Å². The molecule has 0 aromatic heterocycles. The fourth-order valence-electron chi connectivity index (χ4n) is 2.97. The van der Waals surface area contributed by atoms with Crippen LogP contribution in [0.2, 0.25) is 0 Å². The Bertz CT molecular complexity index is 603. The lowest BCUT2D eigenvalue weighted by Crippen LogP contribution is -2.46. The number of hydrogen-bond acceptors (Lipinski definition) is 4. The molecule has 0 heterocycles. The van der Waals surface area contributed by atoms with E-state index in [0.717, 1.165) is 19.3 Å². The first kappa shape index (κ1) is 19.0. The van der Waals surface area contributed by atoms with Crippen molar-refractivity contribution in [1.29, 1.82) is 0 Å². The highest BCUT2D eigenvalue weighted by Crippen LogP contribution is 2.23. The minimum Gasteiger partial charge on any atom is -0.451 e. The van der Waals surface area contributed by atoms with E-state index in [1.807, 2.05) is 0 Å². The number of nitrogens with one attached hydrogen (secondary N) is 2. The Morgan fingerprint density at radius 1 is 1.16 bits per heavy atom. The normalized spacial score (nSPS) is 21.0. The monoisotopic (exact) mass is 346 g/mol. The first-order chi connectivity index (χ1) is 12.0. The number of hydrogen-bond donors (Lipinski definition) is 2. The fraction of sp³-hybridized carbons (Fsp3) is 0.526. The van der Waals surface area contributed by atoms with Gasteiger partial charge in [0.1, 0.15) is 6.54 Å². The number of ether oxygens (including phenoxy) is 1. The van der Waals surface area contributed by atoms with Gasteiger partial charge in [-0.3, -0.25) is 14.4 Å². The van der Waals surface area contributed by atoms with Crippen LogP contribution in [0.15, 0.2) is 30.3 Å². The van der Waals surface area contributed by atoms with Crippen LogP contribution in [0, 0.1) is 5.92 Å². The van der Waals surface area contributed by atoms with Crippen molar-refractivity contribution in [1.82, 2.24) is 10.6 Å². The number of esters is 1. The van der Waals surface area contributed by atoms with Crippen LogP contribution in [0.3, 0.4) is 0 Å². The van der Waals surface area contributed by atoms with Crippen LogP contribution in [0.5, 0.6) is 0 Å². The van der Waals surface area contributed by atoms with Crippen molar-refractivity contribution in [2.24, 2.45) is 5.92 Å². The van der Waals surface area contributed by atoms with Gasteiger partial charge < -0.3 is 15.4 Å². The van der Waals surface area contributed by atoms with Gasteiger partial charge in [0, 0.05) is 11.6 Å². The molecule has 1 saturated carbocycles. The van der Waals surface area contributed by atoms with E-state index in [-0.39, 0.29) is 24.4 Å². The van der Waals surface area contributed by atoms with Crippen molar-refractivity contribution in [2.75, 3.05) is 6.54 Å². The third-order valence-electron chi connectivity index (χ3n) is 4.55. The highest BCUT2D eigenvalue weighted by Gasteiger charge is 2.26. The third kappa shape index (κ3) is 5.89. The molecule has 3 unspecified atom stereocenters. The van der Waals surface area contributed by atoms with E-state index >= 15 is 0 Å². The topological polar surface area (TPSA) is 84.5 Å². The van der Waals surface area contributed by atoms with E-state index in [4.69, 9.17) is 4.74 Å². The van der Waals surface area contributed by atoms with Crippen molar-refractivity contribution in [3.05, 3.63) is 35.9 Å². The number of benzene rings is 1. The van der Waals surface area contributed by atoms with Gasteiger partial charge >= 0.3 is 5.97 Å². The SMILES string of the molecule is CC(OC(=O)CNC(=O)c1ccccc1)C(=O)NC1CCCCC1C. The third-order valence-corrected chi connectivity index (χ3v) is 4.55. The lowest BCUT2D eigenvalue weighted by atomic mass is 9.86. The Morgan fingerprint density at radius 3 is 2.52 bits per heavy atom. The van der Waals surface area contributed by atoms with Crippen LogP contribution < -0.4 is 10.6 Å². The minimum absolute atomic E-state index is 0.139. The van der Waals surface area contributed by atoms with E-state index in [0.29, 0.717) is 11.5 Å². The zero-order chi connectivity index (χ0) is 18.2. The van der Waals surface area contributed by atoms with Gasteiger partial charge in [-0.1, -0.05) is 38.0 Å². The van der Waals surface area contributed by atoms with Gasteiger partial charge in [-0.15, -0.1) is 0 Å². The molecule has 6 nitrogen and oxygen atoms in total. The molecular formula is C19H26N2O4. The molecule has 1 aromatic rings. The minimum atomic E-state index is -0.879. The molecule has 6 heteroatoms. The maximum absolute atomic E-state index is 12.2. The van der Waals surface area contributed by atoms with Gasteiger partial charge in [-0.2, -0.15) is 0 Å². The summed E-state index contributed by atoms with van der Waals surface area (Å²) in [4.78, 5) is 35.9. The van der Waals surface area contributed by atoms with Crippen molar-refractivity contribution in [3.63, 3.8) is 0 Å². The predicted molar refractivity (Wildman–Crippen MR) is 93.9 cm³/mol. The summed E-state index contributed by atoms with van der Waals surface area (Å²) in [6, 6.07) is 8.74. The van der Waals surface area contributed by atoms with E-state index in [1.54, 1.807) is 37.3 Å². The second-order valence-corrected chi connectivity index (χ2v) is 6.56. The Kier molecular flexibility index (Phi) is 6.98. The molecule has 0 saturated heterocycles. The van der Waals surface area contributed by atoms with E-state index < -0.39 is 12.1 Å². The number of amides is 2. The Balaban J connectivity index is 1.73. The second-order valence-electron chi connectivity index (χ2n) is 6.56. The van der Waals surface area contributed by atoms with Crippen molar-refractivity contribution < 1.29 is 19.1 Å². The molecular weight excluding hydrogens is 320 g/mol. The summed E-state index contributed by atoms with van der Waals surface area (Å²) in [5.74, 6) is -0.846. The van der Waals surface area contributed by atoms with Gasteiger partial charge in [0.05, 0.1) is 0 Å². The molecule has 1 aliphatic rings. The quantitative estimate of drug-likeness (QED) is 0.772. The highest BCUT2D eigenvalue weighted by atomic mass is 16.5. The molecule has 2 N–H and O–H groups in total. The first-order valence-electron chi connectivity index (χ1n) is 8.80. The summed E-state index contributed by atoms with van der Waals surface area (Å²) in [6.45, 7) is 3.39. The molecule has 0 spiro atoms. The van der Waals surface area contributed by atoms with Crippen LogP contribution in [0.1, 0.15) is 49.9 Å². The maximum atomic E-state index is 12.2. The van der Waals surface area contributed by atoms with Crippen molar-refractivity contribution >= 4 is 17.8 Å². The average molecular weight is 346 g/mol. The summed E-state index contributed by atoms with van der Waals surface area (Å²) < 4.78 is 5.11. The lowest BCUT2D eigenvalue weighted by molar-refractivity contribution is -0.154. The Morgan fingerprint density at radius 2 is 1.84 bits per heavy atom. The van der Waals surface area contributed by atoms with Crippen LogP contribution in [-0.2, 0) is 14.3 Å². The summed E-state index contributed by atoms with van der Waals surface area (Å²) >= 11 is 0. The number of carbonyl (C=O) groups excluding carboxylic acids is 3. The summed E-state index contributed by atoms with van der Waals surface area (Å²) in [7, 11) is 0. The van der Waals surface area contributed by atoms with Gasteiger partial charge in [0.25, 0.3) is 11.8 Å². The van der Waals surface area contributed by atoms with Crippen LogP contribution in [0.4, 0.5) is 0 Å². The Hall–Kier alpha value is -2.37. The number of rotatable bonds is 6. The van der Waals surface area contributed by atoms with Crippen LogP contribution >= 0.6 is 0 Å². The lowest BCUT2D eigenvalue weighted by Gasteiger charge is -2.30. The molecule has 0 radical (unpaired) electrons. The van der Waals surface area contributed by atoms with Gasteiger partial charge in [0.2, 0.25) is 0 Å². The standard InChI is InChI=1S/C19H26N2O4/c1-13-8-6-7-11-16(13)21-18(23)14(2)25-17(22)12-20-19(24)15-9-4-3-5-10-15/h3-5,9-10,13-14,16H,6-8,11-12H2,1-2H3,(H,20,24)(H,21,23). The van der Waals surface area contributed by atoms with Gasteiger partial charge in [0.15, 0.2) is 6.10 Å². The van der Waals surface area contributed by atoms with Crippen LogP contribution in [-0.4, -0.2) is 36.5 Å². The van der Waals surface area contributed by atoms with E-state index in [9.17, 15) is 14.4 Å². The summed E-state index contributed by atoms with van der Waals surface area (Å²) in [5.41, 5.74) is 0.465. The predicted octanol–water partition coefficient (Wildman–Crippen LogP) is 2.04. The maximum Gasteiger partial charge on any atom is 0.326 e. The molecule has 1 aromatic carbocycles. The molecule has 1 aliphatic carbocycles. The summed E-state index contributed by atoms with van der Waals surface area (Å²) in [6.07, 6.45) is 3.48. The largest absolute Gasteiger partial charge is 0.451 e. The van der Waals surface area contributed by atoms with E-state index in [1.165, 1.54) is 6.42 Å². The van der Waals surface area contributed by atoms with E-state index in [2.05, 4.69) is 17.6 Å². The average Bonchev–Trinajstić information content (AvgIpc) is 2.62. The highest BCUT2D eigenvalue weighted by molar-refractivity contribution is 5.96. The molecule has 3 atom stereocenters. The molecule has 25 heavy (non-hydrogen) atoms.